The van der Waals surface area contributed by atoms with Gasteiger partial charge in [0.15, 0.2) is 0 Å². The van der Waals surface area contributed by atoms with Gasteiger partial charge in [-0.25, -0.2) is 13.6 Å². The van der Waals surface area contributed by atoms with Crippen molar-refractivity contribution in [3.05, 3.63) is 35.4 Å². The zero-order valence-corrected chi connectivity index (χ0v) is 15.4. The first-order chi connectivity index (χ1) is 12.6. The Balaban J connectivity index is 1.68. The van der Waals surface area contributed by atoms with E-state index in [1.807, 2.05) is 0 Å². The molecule has 4 nitrogen and oxygen atoms in total. The van der Waals surface area contributed by atoms with E-state index in [0.717, 1.165) is 57.7 Å². The highest BCUT2D eigenvalue weighted by Gasteiger charge is 2.25. The van der Waals surface area contributed by atoms with E-state index in [9.17, 15) is 13.6 Å². The molecular weight excluding hydrogens is 336 g/mol. The van der Waals surface area contributed by atoms with E-state index >= 15 is 0 Å². The van der Waals surface area contributed by atoms with E-state index in [-0.39, 0.29) is 18.6 Å². The number of hydrogen-bond donors (Lipinski definition) is 2. The number of hydrogen-bond acceptors (Lipinski definition) is 1. The van der Waals surface area contributed by atoms with E-state index in [4.69, 9.17) is 0 Å². The van der Waals surface area contributed by atoms with Crippen molar-refractivity contribution in [1.82, 2.24) is 10.2 Å². The number of benzene rings is 1. The van der Waals surface area contributed by atoms with Gasteiger partial charge in [-0.3, -0.25) is 0 Å². The number of nitrogens with two attached hydrogens (primary N) is 1. The summed E-state index contributed by atoms with van der Waals surface area (Å²) in [7, 11) is 0. The van der Waals surface area contributed by atoms with E-state index in [1.165, 1.54) is 18.6 Å². The number of carbonyl (C=O) groups excluding carboxylic acids is 1. The molecule has 0 atom stereocenters. The molecule has 0 aromatic heterocycles. The normalized spacial score (nSPS) is 19.3. The van der Waals surface area contributed by atoms with Gasteiger partial charge in [-0.1, -0.05) is 25.3 Å². The van der Waals surface area contributed by atoms with Crippen molar-refractivity contribution in [3.63, 3.8) is 0 Å². The summed E-state index contributed by atoms with van der Waals surface area (Å²) in [6, 6.07) is 3.69. The number of nitrogens with zero attached hydrogens (tertiary/aromatic N) is 1. The fraction of sp³-hybridized carbons (Fsp3) is 0.650. The largest absolute Gasteiger partial charge is 0.346 e. The molecule has 1 aliphatic heterocycles. The van der Waals surface area contributed by atoms with Crippen LogP contribution in [0.15, 0.2) is 18.2 Å². The molecule has 6 heteroatoms. The lowest BCUT2D eigenvalue weighted by atomic mass is 9.95. The molecule has 1 aromatic rings. The molecule has 2 fully saturated rings. The van der Waals surface area contributed by atoms with Gasteiger partial charge >= 0.3 is 6.03 Å². The van der Waals surface area contributed by atoms with Gasteiger partial charge in [-0.05, 0) is 24.8 Å². The molecule has 0 radical (unpaired) electrons. The average Bonchev–Trinajstić information content (AvgIpc) is 2.65. The standard InChI is InChI=1S/C20H29F2N3O/c21-17-7-6-16(19(22)12-17)14-25(13-15-8-10-23-11-9-15)20(26)24-18-4-2-1-3-5-18/h6-7,12,15,18,23H,1-5,8-11,13-14H2,(H,24,26)/p+1. The van der Waals surface area contributed by atoms with Gasteiger partial charge < -0.3 is 15.5 Å². The Kier molecular flexibility index (Phi) is 6.83. The van der Waals surface area contributed by atoms with E-state index in [0.29, 0.717) is 18.0 Å². The fourth-order valence-corrected chi connectivity index (χ4v) is 4.08. The first-order valence-corrected chi connectivity index (χ1v) is 9.93. The molecule has 0 unspecified atom stereocenters. The number of rotatable bonds is 5. The second-order valence-corrected chi connectivity index (χ2v) is 7.71. The first kappa shape index (κ1) is 19.1. The maximum Gasteiger partial charge on any atom is 0.317 e. The highest BCUT2D eigenvalue weighted by molar-refractivity contribution is 5.74. The van der Waals surface area contributed by atoms with Crippen molar-refractivity contribution in [3.8, 4) is 0 Å². The lowest BCUT2D eigenvalue weighted by Gasteiger charge is -2.32. The third-order valence-corrected chi connectivity index (χ3v) is 5.63. The van der Waals surface area contributed by atoms with Crippen LogP contribution in [0.2, 0.25) is 0 Å². The van der Waals surface area contributed by atoms with Crippen LogP contribution >= 0.6 is 0 Å². The monoisotopic (exact) mass is 366 g/mol. The number of piperidine rings is 1. The molecule has 2 aliphatic rings. The summed E-state index contributed by atoms with van der Waals surface area (Å²) >= 11 is 0. The van der Waals surface area contributed by atoms with Crippen LogP contribution in [0.5, 0.6) is 0 Å². The van der Waals surface area contributed by atoms with Crippen LogP contribution in [0, 0.1) is 17.6 Å². The van der Waals surface area contributed by atoms with Crippen molar-refractivity contribution in [1.29, 1.82) is 0 Å². The second-order valence-electron chi connectivity index (χ2n) is 7.71. The molecule has 1 aliphatic carbocycles. The average molecular weight is 366 g/mol. The highest BCUT2D eigenvalue weighted by Crippen LogP contribution is 2.20. The topological polar surface area (TPSA) is 49.0 Å². The quantitative estimate of drug-likeness (QED) is 0.827. The van der Waals surface area contributed by atoms with Crippen molar-refractivity contribution >= 4 is 6.03 Å². The van der Waals surface area contributed by atoms with Crippen molar-refractivity contribution in [2.45, 2.75) is 57.5 Å². The summed E-state index contributed by atoms with van der Waals surface area (Å²) in [6.45, 7) is 2.97. The Morgan fingerprint density at radius 3 is 2.54 bits per heavy atom. The van der Waals surface area contributed by atoms with Crippen molar-refractivity contribution in [2.24, 2.45) is 5.92 Å². The molecule has 2 amide bonds. The molecule has 3 N–H and O–H groups in total. The van der Waals surface area contributed by atoms with Crippen LogP contribution in [-0.4, -0.2) is 36.6 Å². The van der Waals surface area contributed by atoms with E-state index < -0.39 is 11.6 Å². The Bertz CT molecular complexity index is 599. The summed E-state index contributed by atoms with van der Waals surface area (Å²) in [5, 5.41) is 5.44. The van der Waals surface area contributed by atoms with Gasteiger partial charge in [-0.2, -0.15) is 0 Å². The van der Waals surface area contributed by atoms with E-state index in [1.54, 1.807) is 4.90 Å². The van der Waals surface area contributed by atoms with Gasteiger partial charge in [0.1, 0.15) is 11.6 Å². The summed E-state index contributed by atoms with van der Waals surface area (Å²) in [4.78, 5) is 14.6. The Morgan fingerprint density at radius 1 is 1.12 bits per heavy atom. The summed E-state index contributed by atoms with van der Waals surface area (Å²) in [5.41, 5.74) is 0.368. The molecule has 1 aromatic carbocycles. The first-order valence-electron chi connectivity index (χ1n) is 9.93. The van der Waals surface area contributed by atoms with E-state index in [2.05, 4.69) is 10.6 Å². The van der Waals surface area contributed by atoms with Crippen LogP contribution in [0.3, 0.4) is 0 Å². The van der Waals surface area contributed by atoms with Crippen LogP contribution in [0.1, 0.15) is 50.5 Å². The Morgan fingerprint density at radius 2 is 1.85 bits per heavy atom. The fourth-order valence-electron chi connectivity index (χ4n) is 4.08. The molecule has 1 saturated carbocycles. The van der Waals surface area contributed by atoms with Gasteiger partial charge in [-0.15, -0.1) is 0 Å². The number of amides is 2. The summed E-state index contributed by atoms with van der Waals surface area (Å²) in [5.74, 6) is -0.731. The van der Waals surface area contributed by atoms with Crippen molar-refractivity contribution in [2.75, 3.05) is 19.6 Å². The minimum Gasteiger partial charge on any atom is -0.346 e. The molecule has 3 rings (SSSR count). The Labute approximate surface area is 154 Å². The smallest absolute Gasteiger partial charge is 0.317 e. The van der Waals surface area contributed by atoms with Gasteiger partial charge in [0.05, 0.1) is 19.6 Å². The summed E-state index contributed by atoms with van der Waals surface area (Å²) in [6.07, 6.45) is 7.70. The maximum atomic E-state index is 14.1. The molecule has 1 heterocycles. The van der Waals surface area contributed by atoms with Gasteiger partial charge in [0, 0.05) is 37.1 Å². The lowest BCUT2D eigenvalue weighted by molar-refractivity contribution is -0.664. The number of quaternary nitrogens is 1. The third kappa shape index (κ3) is 5.40. The number of nitrogens with one attached hydrogen (secondary N) is 1. The highest BCUT2D eigenvalue weighted by atomic mass is 19.1. The molecule has 0 bridgehead atoms. The van der Waals surface area contributed by atoms with Crippen LogP contribution in [0.25, 0.3) is 0 Å². The predicted octanol–water partition coefficient (Wildman–Crippen LogP) is 2.78. The molecular formula is C20H30F2N3O+. The second kappa shape index (κ2) is 9.31. The number of urea groups is 1. The molecule has 1 saturated heterocycles. The zero-order valence-electron chi connectivity index (χ0n) is 15.4. The SMILES string of the molecule is O=C(NC1CCCCC1)N(Cc1ccc(F)cc1F)CC1CC[NH2+]CC1. The molecule has 26 heavy (non-hydrogen) atoms. The van der Waals surface area contributed by atoms with Gasteiger partial charge in [0.2, 0.25) is 0 Å². The van der Waals surface area contributed by atoms with Crippen LogP contribution in [-0.2, 0) is 6.54 Å². The minimum absolute atomic E-state index is 0.116. The van der Waals surface area contributed by atoms with Crippen molar-refractivity contribution < 1.29 is 18.9 Å². The minimum atomic E-state index is -0.590. The molecule has 0 spiro atoms. The third-order valence-electron chi connectivity index (χ3n) is 5.63. The summed E-state index contributed by atoms with van der Waals surface area (Å²) < 4.78 is 27.3. The zero-order chi connectivity index (χ0) is 18.4. The number of carbonyl (C=O) groups is 1. The van der Waals surface area contributed by atoms with Gasteiger partial charge in [0.25, 0.3) is 0 Å². The lowest BCUT2D eigenvalue weighted by Crippen LogP contribution is -2.86. The van der Waals surface area contributed by atoms with Crippen LogP contribution in [0.4, 0.5) is 13.6 Å². The predicted molar refractivity (Wildman–Crippen MR) is 96.6 cm³/mol. The van der Waals surface area contributed by atoms with Crippen LogP contribution < -0.4 is 10.6 Å². The maximum absolute atomic E-state index is 14.1. The Hall–Kier alpha value is -1.69. The number of halogens is 2. The molecule has 144 valence electrons.